The summed E-state index contributed by atoms with van der Waals surface area (Å²) in [5, 5.41) is 5.71. The Morgan fingerprint density at radius 2 is 1.91 bits per heavy atom. The molecule has 1 aromatic carbocycles. The largest absolute Gasteiger partial charge is 0.378 e. The van der Waals surface area contributed by atoms with Gasteiger partial charge in [0.2, 0.25) is 0 Å². The molecule has 4 nitrogen and oxygen atoms in total. The minimum absolute atomic E-state index is 0.287. The Bertz CT molecular complexity index is 601. The van der Waals surface area contributed by atoms with Gasteiger partial charge < -0.3 is 9.64 Å². The normalized spacial score (nSPS) is 22.3. The van der Waals surface area contributed by atoms with E-state index in [9.17, 15) is 0 Å². The monoisotopic (exact) mass is 339 g/mol. The number of hydrogen-bond donors (Lipinski definition) is 1. The summed E-state index contributed by atoms with van der Waals surface area (Å²) in [6.07, 6.45) is 0.860. The lowest BCUT2D eigenvalue weighted by atomic mass is 9.93. The summed E-state index contributed by atoms with van der Waals surface area (Å²) in [6, 6.07) is 3.90. The lowest BCUT2D eigenvalue weighted by Crippen LogP contribution is -2.36. The van der Waals surface area contributed by atoms with E-state index in [1.165, 1.54) is 0 Å². The van der Waals surface area contributed by atoms with Gasteiger partial charge in [-0.15, -0.1) is 0 Å². The van der Waals surface area contributed by atoms with Gasteiger partial charge in [0.05, 0.1) is 34.7 Å². The van der Waals surface area contributed by atoms with Crippen molar-refractivity contribution in [2.75, 3.05) is 31.2 Å². The Kier molecular flexibility index (Phi) is 4.62. The minimum Gasteiger partial charge on any atom is -0.378 e. The smallest absolute Gasteiger partial charge is 0.0746 e. The molecule has 0 aliphatic carbocycles. The second-order valence-corrected chi connectivity index (χ2v) is 6.52. The molecule has 2 heterocycles. The third-order valence-electron chi connectivity index (χ3n) is 3.99. The molecule has 0 amide bonds. The Morgan fingerprint density at radius 1 is 1.27 bits per heavy atom. The van der Waals surface area contributed by atoms with Gasteiger partial charge in [0, 0.05) is 30.3 Å². The van der Waals surface area contributed by atoms with Crippen molar-refractivity contribution in [3.63, 3.8) is 0 Å². The number of anilines is 1. The molecule has 22 heavy (non-hydrogen) atoms. The van der Waals surface area contributed by atoms with Gasteiger partial charge in [-0.25, -0.2) is 0 Å². The summed E-state index contributed by atoms with van der Waals surface area (Å²) in [5.74, 6) is 0.287. The van der Waals surface area contributed by atoms with Crippen LogP contribution >= 0.6 is 23.2 Å². The van der Waals surface area contributed by atoms with Crippen molar-refractivity contribution >= 4 is 34.6 Å². The fourth-order valence-electron chi connectivity index (χ4n) is 2.91. The average Bonchev–Trinajstić information content (AvgIpc) is 2.47. The van der Waals surface area contributed by atoms with Gasteiger partial charge >= 0.3 is 0 Å². The Hall–Kier alpha value is -1.23. The van der Waals surface area contributed by atoms with E-state index in [0.29, 0.717) is 23.3 Å². The maximum atomic E-state index is 6.50. The molecule has 1 fully saturated rings. The first-order chi connectivity index (χ1) is 10.6. The number of nitrogens with zero attached hydrogens (tertiary/aromatic N) is 2. The van der Waals surface area contributed by atoms with E-state index in [1.54, 1.807) is 0 Å². The van der Waals surface area contributed by atoms with Gasteiger partial charge in [0.15, 0.2) is 0 Å². The van der Waals surface area contributed by atoms with Crippen LogP contribution in [-0.2, 0) is 4.74 Å². The van der Waals surface area contributed by atoms with Gasteiger partial charge in [0.1, 0.15) is 0 Å². The van der Waals surface area contributed by atoms with Crippen LogP contribution in [0, 0.1) is 5.92 Å². The average molecular weight is 340 g/mol. The number of hydrazone groups is 1. The van der Waals surface area contributed by atoms with E-state index in [4.69, 9.17) is 27.9 Å². The highest BCUT2D eigenvalue weighted by atomic mass is 35.5. The first-order valence-corrected chi connectivity index (χ1v) is 8.15. The zero-order valence-electron chi connectivity index (χ0n) is 12.5. The van der Waals surface area contributed by atoms with Crippen LogP contribution in [0.4, 0.5) is 5.69 Å². The molecule has 0 aromatic heterocycles. The van der Waals surface area contributed by atoms with Crippen LogP contribution < -0.4 is 10.3 Å². The number of morpholine rings is 1. The molecule has 118 valence electrons. The van der Waals surface area contributed by atoms with Crippen LogP contribution in [0.25, 0.3) is 0 Å². The molecule has 1 aromatic rings. The number of nitrogens with one attached hydrogen (secondary N) is 1. The lowest BCUT2D eigenvalue weighted by molar-refractivity contribution is 0.122. The third kappa shape index (κ3) is 3.09. The number of halogens is 2. The molecule has 0 radical (unpaired) electrons. The van der Waals surface area contributed by atoms with Gasteiger partial charge in [-0.3, -0.25) is 5.43 Å². The highest BCUT2D eigenvalue weighted by Crippen LogP contribution is 2.36. The van der Waals surface area contributed by atoms with Crippen LogP contribution in [0.3, 0.4) is 0 Å². The minimum atomic E-state index is 0.287. The molecule has 1 atom stereocenters. The van der Waals surface area contributed by atoms with Crippen LogP contribution in [0.5, 0.6) is 0 Å². The molecule has 0 bridgehead atoms. The predicted molar refractivity (Wildman–Crippen MR) is 92.1 cm³/mol. The van der Waals surface area contributed by atoms with Crippen molar-refractivity contribution in [2.45, 2.75) is 13.3 Å². The first kappa shape index (κ1) is 15.7. The topological polar surface area (TPSA) is 36.9 Å². The summed E-state index contributed by atoms with van der Waals surface area (Å²) < 4.78 is 5.38. The number of benzene rings is 1. The number of rotatable bonds is 2. The summed E-state index contributed by atoms with van der Waals surface area (Å²) >= 11 is 13.0. The molecule has 2 aliphatic rings. The van der Waals surface area contributed by atoms with Crippen molar-refractivity contribution in [1.29, 1.82) is 0 Å². The quantitative estimate of drug-likeness (QED) is 0.892. The second-order valence-electron chi connectivity index (χ2n) is 5.71. The van der Waals surface area contributed by atoms with E-state index in [0.717, 1.165) is 42.2 Å². The summed E-state index contributed by atoms with van der Waals surface area (Å²) in [4.78, 5) is 2.17. The van der Waals surface area contributed by atoms with Crippen molar-refractivity contribution < 1.29 is 4.74 Å². The molecule has 2 aliphatic heterocycles. The molecule has 0 saturated carbocycles. The fraction of sp³-hybridized carbons (Fsp3) is 0.438. The van der Waals surface area contributed by atoms with Crippen molar-refractivity contribution in [3.8, 4) is 0 Å². The number of hydrogen-bond acceptors (Lipinski definition) is 4. The van der Waals surface area contributed by atoms with Gasteiger partial charge in [0.25, 0.3) is 0 Å². The van der Waals surface area contributed by atoms with E-state index in [1.807, 2.05) is 12.1 Å². The lowest BCUT2D eigenvalue weighted by Gasteiger charge is -2.31. The molecule has 1 N–H and O–H groups in total. The van der Waals surface area contributed by atoms with Crippen molar-refractivity contribution in [3.05, 3.63) is 40.0 Å². The maximum absolute atomic E-state index is 6.50. The van der Waals surface area contributed by atoms with Crippen LogP contribution in [0.2, 0.25) is 10.0 Å². The van der Waals surface area contributed by atoms with Crippen LogP contribution in [0.1, 0.15) is 18.9 Å². The summed E-state index contributed by atoms with van der Waals surface area (Å²) in [5.41, 5.74) is 6.69. The number of ether oxygens (including phenoxy) is 1. The SMILES string of the molecule is C=C1C[C@@H](C)C(c2cc(Cl)c(N3CCOCC3)c(Cl)c2)=NN1. The van der Waals surface area contributed by atoms with E-state index < -0.39 is 0 Å². The molecule has 6 heteroatoms. The van der Waals surface area contributed by atoms with Crippen LogP contribution in [0.15, 0.2) is 29.5 Å². The number of allylic oxidation sites excluding steroid dienone is 1. The van der Waals surface area contributed by atoms with Crippen LogP contribution in [-0.4, -0.2) is 32.0 Å². The Balaban J connectivity index is 1.94. The molecule has 0 spiro atoms. The summed E-state index contributed by atoms with van der Waals surface area (Å²) in [6.45, 7) is 9.05. The molecular formula is C16H19Cl2N3O. The molecule has 0 unspecified atom stereocenters. The molecule has 1 saturated heterocycles. The fourth-order valence-corrected chi connectivity index (χ4v) is 3.64. The van der Waals surface area contributed by atoms with E-state index in [2.05, 4.69) is 28.9 Å². The van der Waals surface area contributed by atoms with Gasteiger partial charge in [-0.05, 0) is 18.6 Å². The van der Waals surface area contributed by atoms with E-state index >= 15 is 0 Å². The zero-order chi connectivity index (χ0) is 15.7. The third-order valence-corrected chi connectivity index (χ3v) is 4.57. The predicted octanol–water partition coefficient (Wildman–Crippen LogP) is 3.68. The van der Waals surface area contributed by atoms with Gasteiger partial charge in [-0.1, -0.05) is 36.7 Å². The van der Waals surface area contributed by atoms with Crippen molar-refractivity contribution in [2.24, 2.45) is 11.0 Å². The zero-order valence-corrected chi connectivity index (χ0v) is 14.0. The molecule has 3 rings (SSSR count). The summed E-state index contributed by atoms with van der Waals surface area (Å²) in [7, 11) is 0. The second kappa shape index (κ2) is 6.49. The van der Waals surface area contributed by atoms with Crippen molar-refractivity contribution in [1.82, 2.24) is 5.43 Å². The van der Waals surface area contributed by atoms with E-state index in [-0.39, 0.29) is 5.92 Å². The Labute approximate surface area is 140 Å². The standard InChI is InChI=1S/C16H19Cl2N3O/c1-10-7-11(2)19-20-15(10)12-8-13(17)16(14(18)9-12)21-3-5-22-6-4-21/h8-10,19H,2-7H2,1H3/t10-/m1/s1. The highest BCUT2D eigenvalue weighted by molar-refractivity contribution is 6.39. The first-order valence-electron chi connectivity index (χ1n) is 7.39. The Morgan fingerprint density at radius 3 is 2.50 bits per heavy atom. The highest BCUT2D eigenvalue weighted by Gasteiger charge is 2.23. The van der Waals surface area contributed by atoms with Gasteiger partial charge in [-0.2, -0.15) is 5.10 Å². The maximum Gasteiger partial charge on any atom is 0.0746 e. The molecular weight excluding hydrogens is 321 g/mol.